The second-order valence-corrected chi connectivity index (χ2v) is 7.58. The Bertz CT molecular complexity index is 505. The summed E-state index contributed by atoms with van der Waals surface area (Å²) in [6.45, 7) is 1.71. The topological polar surface area (TPSA) is 47.7 Å². The van der Waals surface area contributed by atoms with Crippen molar-refractivity contribution in [2.75, 3.05) is 26.0 Å². The zero-order chi connectivity index (χ0) is 17.5. The van der Waals surface area contributed by atoms with E-state index in [9.17, 15) is 0 Å². The van der Waals surface area contributed by atoms with Gasteiger partial charge in [0.05, 0.1) is 7.11 Å². The Labute approximate surface area is 152 Å². The quantitative estimate of drug-likeness (QED) is 0.732. The zero-order valence-electron chi connectivity index (χ0n) is 15.7. The number of ether oxygens (including phenoxy) is 2. The standard InChI is InChI=1S/C21H34N2O2/c1-24-20-13-12-17(22)16-21(20)25-15-14-23(18-8-4-2-5-9-18)19-10-6-3-7-11-19/h12-13,16,18-19H,2-11,14-15,22H2,1H3. The third-order valence-corrected chi connectivity index (χ3v) is 5.88. The molecule has 25 heavy (non-hydrogen) atoms. The fourth-order valence-electron chi connectivity index (χ4n) is 4.56. The van der Waals surface area contributed by atoms with Crippen LogP contribution in [0.2, 0.25) is 0 Å². The molecule has 2 saturated carbocycles. The van der Waals surface area contributed by atoms with Crippen LogP contribution in [0.1, 0.15) is 64.2 Å². The predicted molar refractivity (Wildman–Crippen MR) is 103 cm³/mol. The minimum Gasteiger partial charge on any atom is -0.493 e. The van der Waals surface area contributed by atoms with Gasteiger partial charge in [-0.15, -0.1) is 0 Å². The minimum absolute atomic E-state index is 0.701. The summed E-state index contributed by atoms with van der Waals surface area (Å²) in [6.07, 6.45) is 13.8. The van der Waals surface area contributed by atoms with Gasteiger partial charge in [-0.1, -0.05) is 38.5 Å². The molecule has 4 nitrogen and oxygen atoms in total. The Morgan fingerprint density at radius 2 is 1.52 bits per heavy atom. The van der Waals surface area contributed by atoms with Crippen molar-refractivity contribution in [3.63, 3.8) is 0 Å². The van der Waals surface area contributed by atoms with Crippen molar-refractivity contribution in [2.45, 2.75) is 76.3 Å². The van der Waals surface area contributed by atoms with Gasteiger partial charge in [-0.3, -0.25) is 4.90 Å². The van der Waals surface area contributed by atoms with Crippen LogP contribution in [0.5, 0.6) is 11.5 Å². The summed E-state index contributed by atoms with van der Waals surface area (Å²) >= 11 is 0. The van der Waals surface area contributed by atoms with E-state index in [1.165, 1.54) is 64.2 Å². The number of methoxy groups -OCH3 is 1. The Kier molecular flexibility index (Phi) is 6.85. The molecule has 1 aromatic rings. The van der Waals surface area contributed by atoms with E-state index in [4.69, 9.17) is 15.2 Å². The summed E-state index contributed by atoms with van der Waals surface area (Å²) in [5.74, 6) is 1.52. The maximum absolute atomic E-state index is 6.07. The van der Waals surface area contributed by atoms with Gasteiger partial charge in [0.25, 0.3) is 0 Å². The highest BCUT2D eigenvalue weighted by atomic mass is 16.5. The van der Waals surface area contributed by atoms with E-state index in [0.29, 0.717) is 12.3 Å². The highest BCUT2D eigenvalue weighted by molar-refractivity contribution is 5.51. The summed E-state index contributed by atoms with van der Waals surface area (Å²) in [6, 6.07) is 7.10. The van der Waals surface area contributed by atoms with Gasteiger partial charge in [0.15, 0.2) is 11.5 Å². The molecule has 0 atom stereocenters. The lowest BCUT2D eigenvalue weighted by atomic mass is 9.88. The maximum Gasteiger partial charge on any atom is 0.163 e. The first-order valence-electron chi connectivity index (χ1n) is 10.1. The number of hydrogen-bond acceptors (Lipinski definition) is 4. The van der Waals surface area contributed by atoms with Crippen molar-refractivity contribution in [3.05, 3.63) is 18.2 Å². The zero-order valence-corrected chi connectivity index (χ0v) is 15.7. The third kappa shape index (κ3) is 5.04. The molecule has 0 saturated heterocycles. The van der Waals surface area contributed by atoms with Crippen LogP contribution < -0.4 is 15.2 Å². The van der Waals surface area contributed by atoms with Gasteiger partial charge in [-0.25, -0.2) is 0 Å². The van der Waals surface area contributed by atoms with E-state index >= 15 is 0 Å². The molecule has 0 amide bonds. The van der Waals surface area contributed by atoms with Crippen molar-refractivity contribution in [1.82, 2.24) is 4.90 Å². The summed E-state index contributed by atoms with van der Waals surface area (Å²) < 4.78 is 11.5. The molecule has 4 heteroatoms. The van der Waals surface area contributed by atoms with Crippen molar-refractivity contribution in [1.29, 1.82) is 0 Å². The Balaban J connectivity index is 1.60. The Hall–Kier alpha value is -1.42. The largest absolute Gasteiger partial charge is 0.493 e. The number of nitrogens with two attached hydrogens (primary N) is 1. The van der Waals surface area contributed by atoms with Gasteiger partial charge in [0.2, 0.25) is 0 Å². The normalized spacial score (nSPS) is 19.9. The van der Waals surface area contributed by atoms with E-state index in [0.717, 1.165) is 30.1 Å². The monoisotopic (exact) mass is 346 g/mol. The van der Waals surface area contributed by atoms with Crippen LogP contribution in [-0.2, 0) is 0 Å². The molecule has 2 fully saturated rings. The molecular formula is C21H34N2O2. The molecule has 2 aliphatic carbocycles. The summed E-state index contributed by atoms with van der Waals surface area (Å²) in [4.78, 5) is 2.77. The smallest absolute Gasteiger partial charge is 0.163 e. The van der Waals surface area contributed by atoms with Crippen molar-refractivity contribution in [3.8, 4) is 11.5 Å². The maximum atomic E-state index is 6.07. The molecule has 3 rings (SSSR count). The van der Waals surface area contributed by atoms with Crippen LogP contribution in [0, 0.1) is 0 Å². The van der Waals surface area contributed by atoms with Gasteiger partial charge >= 0.3 is 0 Å². The molecule has 0 radical (unpaired) electrons. The number of benzene rings is 1. The molecule has 1 aromatic carbocycles. The predicted octanol–water partition coefficient (Wildman–Crippen LogP) is 4.62. The van der Waals surface area contributed by atoms with Gasteiger partial charge in [-0.05, 0) is 37.8 Å². The van der Waals surface area contributed by atoms with E-state index in [1.54, 1.807) is 7.11 Å². The van der Waals surface area contributed by atoms with Gasteiger partial charge < -0.3 is 15.2 Å². The highest BCUT2D eigenvalue weighted by Gasteiger charge is 2.28. The lowest BCUT2D eigenvalue weighted by Crippen LogP contribution is -2.47. The fraction of sp³-hybridized carbons (Fsp3) is 0.714. The summed E-state index contributed by atoms with van der Waals surface area (Å²) in [7, 11) is 1.68. The van der Waals surface area contributed by atoms with Gasteiger partial charge in [-0.2, -0.15) is 0 Å². The molecule has 0 spiro atoms. The van der Waals surface area contributed by atoms with Crippen LogP contribution in [0.15, 0.2) is 18.2 Å². The summed E-state index contributed by atoms with van der Waals surface area (Å²) in [5.41, 5.74) is 6.62. The highest BCUT2D eigenvalue weighted by Crippen LogP contribution is 2.31. The number of anilines is 1. The number of nitrogen functional groups attached to an aromatic ring is 1. The minimum atomic E-state index is 0.701. The first-order valence-corrected chi connectivity index (χ1v) is 10.1. The second-order valence-electron chi connectivity index (χ2n) is 7.58. The summed E-state index contributed by atoms with van der Waals surface area (Å²) in [5, 5.41) is 0. The average molecular weight is 347 g/mol. The number of rotatable bonds is 7. The van der Waals surface area contributed by atoms with Crippen LogP contribution >= 0.6 is 0 Å². The van der Waals surface area contributed by atoms with Crippen LogP contribution in [0.25, 0.3) is 0 Å². The molecule has 0 unspecified atom stereocenters. The molecule has 0 aliphatic heterocycles. The first kappa shape index (κ1) is 18.4. The van der Waals surface area contributed by atoms with Gasteiger partial charge in [0, 0.05) is 30.4 Å². The van der Waals surface area contributed by atoms with Crippen LogP contribution in [0.3, 0.4) is 0 Å². The molecular weight excluding hydrogens is 312 g/mol. The molecule has 0 heterocycles. The van der Waals surface area contributed by atoms with Crippen molar-refractivity contribution in [2.24, 2.45) is 0 Å². The Morgan fingerprint density at radius 1 is 0.920 bits per heavy atom. The van der Waals surface area contributed by atoms with Crippen molar-refractivity contribution < 1.29 is 9.47 Å². The molecule has 0 aromatic heterocycles. The third-order valence-electron chi connectivity index (χ3n) is 5.88. The Morgan fingerprint density at radius 3 is 2.08 bits per heavy atom. The SMILES string of the molecule is COc1ccc(N)cc1OCCN(C1CCCCC1)C1CCCCC1. The second kappa shape index (κ2) is 9.33. The lowest BCUT2D eigenvalue weighted by Gasteiger charge is -2.41. The lowest BCUT2D eigenvalue weighted by molar-refractivity contribution is 0.0656. The van der Waals surface area contributed by atoms with E-state index in [-0.39, 0.29) is 0 Å². The van der Waals surface area contributed by atoms with Crippen molar-refractivity contribution >= 4 is 5.69 Å². The average Bonchev–Trinajstić information content (AvgIpc) is 2.67. The first-order chi connectivity index (χ1) is 12.3. The van der Waals surface area contributed by atoms with Crippen LogP contribution in [-0.4, -0.2) is 37.2 Å². The molecule has 140 valence electrons. The van der Waals surface area contributed by atoms with Crippen LogP contribution in [0.4, 0.5) is 5.69 Å². The number of hydrogen-bond donors (Lipinski definition) is 1. The molecule has 2 N–H and O–H groups in total. The van der Waals surface area contributed by atoms with E-state index < -0.39 is 0 Å². The van der Waals surface area contributed by atoms with E-state index in [2.05, 4.69) is 4.90 Å². The van der Waals surface area contributed by atoms with E-state index in [1.807, 2.05) is 18.2 Å². The van der Waals surface area contributed by atoms with Gasteiger partial charge in [0.1, 0.15) is 6.61 Å². The fourth-order valence-corrected chi connectivity index (χ4v) is 4.56. The molecule has 2 aliphatic rings. The molecule has 0 bridgehead atoms. The number of nitrogens with zero attached hydrogens (tertiary/aromatic N) is 1.